The molecule has 106 valence electrons. The number of hydrogen-bond donors (Lipinski definition) is 1. The molecule has 19 heavy (non-hydrogen) atoms. The number of carboxylic acid groups (broad SMARTS) is 1. The number of carboxylic acids is 1. The second kappa shape index (κ2) is 5.81. The number of halogens is 3. The highest BCUT2D eigenvalue weighted by molar-refractivity contribution is 7.89. The summed E-state index contributed by atoms with van der Waals surface area (Å²) < 4.78 is 48.8. The van der Waals surface area contributed by atoms with Gasteiger partial charge in [-0.15, -0.1) is 0 Å². The molecule has 1 rings (SSSR count). The van der Waals surface area contributed by atoms with Gasteiger partial charge in [0.15, 0.2) is 0 Å². The van der Waals surface area contributed by atoms with Crippen LogP contribution < -0.4 is 0 Å². The molecule has 0 aliphatic rings. The summed E-state index contributed by atoms with van der Waals surface area (Å²) in [5.74, 6) is -1.34. The van der Waals surface area contributed by atoms with Crippen molar-refractivity contribution >= 4 is 27.6 Å². The lowest BCUT2D eigenvalue weighted by Crippen LogP contribution is -2.31. The SMILES string of the molecule is CN(CC(F)F)S(=O)(=O)c1cc(C(=O)O)ccc1Cl. The van der Waals surface area contributed by atoms with Gasteiger partial charge in [-0.3, -0.25) is 0 Å². The van der Waals surface area contributed by atoms with E-state index in [0.29, 0.717) is 4.31 Å². The molecule has 0 saturated heterocycles. The van der Waals surface area contributed by atoms with Gasteiger partial charge in [0.05, 0.1) is 17.1 Å². The number of aromatic carboxylic acids is 1. The van der Waals surface area contributed by atoms with Gasteiger partial charge in [-0.2, -0.15) is 4.31 Å². The van der Waals surface area contributed by atoms with Gasteiger partial charge < -0.3 is 5.11 Å². The first kappa shape index (κ1) is 15.8. The predicted octanol–water partition coefficient (Wildman–Crippen LogP) is 1.92. The number of rotatable bonds is 5. The van der Waals surface area contributed by atoms with E-state index in [0.717, 1.165) is 25.2 Å². The van der Waals surface area contributed by atoms with E-state index in [1.807, 2.05) is 0 Å². The molecular formula is C10H10ClF2NO4S. The average Bonchev–Trinajstić information content (AvgIpc) is 2.27. The molecule has 0 radical (unpaired) electrons. The van der Waals surface area contributed by atoms with Crippen molar-refractivity contribution < 1.29 is 27.1 Å². The smallest absolute Gasteiger partial charge is 0.335 e. The summed E-state index contributed by atoms with van der Waals surface area (Å²) in [5.41, 5.74) is -0.298. The second-order valence-corrected chi connectivity index (χ2v) is 6.05. The molecule has 5 nitrogen and oxygen atoms in total. The van der Waals surface area contributed by atoms with Crippen LogP contribution in [0.1, 0.15) is 10.4 Å². The molecule has 0 heterocycles. The van der Waals surface area contributed by atoms with Crippen LogP contribution in [0.3, 0.4) is 0 Å². The van der Waals surface area contributed by atoms with E-state index < -0.39 is 33.9 Å². The zero-order valence-corrected chi connectivity index (χ0v) is 11.3. The third-order valence-corrected chi connectivity index (χ3v) is 4.57. The molecule has 0 aromatic heterocycles. The molecule has 0 aliphatic heterocycles. The van der Waals surface area contributed by atoms with Crippen molar-refractivity contribution in [3.63, 3.8) is 0 Å². The molecule has 9 heteroatoms. The summed E-state index contributed by atoms with van der Waals surface area (Å²) in [6.07, 6.45) is -2.85. The molecule has 0 unspecified atom stereocenters. The van der Waals surface area contributed by atoms with Crippen LogP contribution in [0, 0.1) is 0 Å². The van der Waals surface area contributed by atoms with Crippen LogP contribution in [0.25, 0.3) is 0 Å². The summed E-state index contributed by atoms with van der Waals surface area (Å²) in [4.78, 5) is 10.3. The normalized spacial score (nSPS) is 12.1. The molecule has 0 fully saturated rings. The van der Waals surface area contributed by atoms with Crippen LogP contribution >= 0.6 is 11.6 Å². The van der Waals surface area contributed by atoms with Gasteiger partial charge in [-0.25, -0.2) is 22.0 Å². The van der Waals surface area contributed by atoms with Crippen LogP contribution in [0.2, 0.25) is 5.02 Å². The third kappa shape index (κ3) is 3.62. The Morgan fingerprint density at radius 2 is 2.05 bits per heavy atom. The number of alkyl halides is 2. The quantitative estimate of drug-likeness (QED) is 0.901. The van der Waals surface area contributed by atoms with Crippen molar-refractivity contribution in [1.82, 2.24) is 4.31 Å². The van der Waals surface area contributed by atoms with Gasteiger partial charge in [0, 0.05) is 7.05 Å². The van der Waals surface area contributed by atoms with Crippen LogP contribution in [0.5, 0.6) is 0 Å². The second-order valence-electron chi connectivity index (χ2n) is 3.63. The van der Waals surface area contributed by atoms with Crippen molar-refractivity contribution in [2.45, 2.75) is 11.3 Å². The topological polar surface area (TPSA) is 74.7 Å². The first-order chi connectivity index (χ1) is 8.66. The van der Waals surface area contributed by atoms with Crippen LogP contribution in [0.4, 0.5) is 8.78 Å². The summed E-state index contributed by atoms with van der Waals surface area (Å²) in [7, 11) is -3.30. The standard InChI is InChI=1S/C10H10ClF2NO4S/c1-14(5-9(12)13)19(17,18)8-4-6(10(15)16)2-3-7(8)11/h2-4,9H,5H2,1H3,(H,15,16). The number of carbonyl (C=O) groups is 1. The molecule has 0 saturated carbocycles. The van der Waals surface area contributed by atoms with E-state index in [-0.39, 0.29) is 10.6 Å². The predicted molar refractivity (Wildman–Crippen MR) is 64.2 cm³/mol. The zero-order chi connectivity index (χ0) is 14.8. The molecule has 0 atom stereocenters. The average molecular weight is 314 g/mol. The van der Waals surface area contributed by atoms with Crippen LogP contribution in [-0.2, 0) is 10.0 Å². The lowest BCUT2D eigenvalue weighted by molar-refractivity contribution is 0.0696. The molecule has 1 aromatic rings. The summed E-state index contributed by atoms with van der Waals surface area (Å²) >= 11 is 5.68. The van der Waals surface area contributed by atoms with Crippen molar-refractivity contribution in [3.05, 3.63) is 28.8 Å². The Morgan fingerprint density at radius 3 is 2.53 bits per heavy atom. The molecule has 0 spiro atoms. The van der Waals surface area contributed by atoms with Crippen LogP contribution in [-0.4, -0.2) is 43.8 Å². The van der Waals surface area contributed by atoms with E-state index in [4.69, 9.17) is 16.7 Å². The zero-order valence-electron chi connectivity index (χ0n) is 9.68. The minimum atomic E-state index is -4.26. The van der Waals surface area contributed by atoms with Crippen molar-refractivity contribution in [3.8, 4) is 0 Å². The van der Waals surface area contributed by atoms with Crippen molar-refractivity contribution in [2.75, 3.05) is 13.6 Å². The Kier molecular flexibility index (Phi) is 4.83. The Hall–Kier alpha value is -1.25. The van der Waals surface area contributed by atoms with E-state index >= 15 is 0 Å². The minimum absolute atomic E-state index is 0.230. The van der Waals surface area contributed by atoms with E-state index in [9.17, 15) is 22.0 Å². The third-order valence-electron chi connectivity index (χ3n) is 2.26. The highest BCUT2D eigenvalue weighted by atomic mass is 35.5. The summed E-state index contributed by atoms with van der Waals surface area (Å²) in [6.45, 7) is -1.00. The van der Waals surface area contributed by atoms with Gasteiger partial charge in [0.1, 0.15) is 4.90 Å². The maximum atomic E-state index is 12.2. The maximum absolute atomic E-state index is 12.2. The highest BCUT2D eigenvalue weighted by Gasteiger charge is 2.26. The summed E-state index contributed by atoms with van der Waals surface area (Å²) in [6, 6.07) is 3.05. The first-order valence-electron chi connectivity index (χ1n) is 4.93. The van der Waals surface area contributed by atoms with Gasteiger partial charge in [0.2, 0.25) is 10.0 Å². The molecule has 0 amide bonds. The fourth-order valence-electron chi connectivity index (χ4n) is 1.29. The number of hydrogen-bond acceptors (Lipinski definition) is 3. The Bertz CT molecular complexity index is 591. The number of benzene rings is 1. The first-order valence-corrected chi connectivity index (χ1v) is 6.75. The summed E-state index contributed by atoms with van der Waals surface area (Å²) in [5, 5.41) is 8.55. The van der Waals surface area contributed by atoms with Gasteiger partial charge >= 0.3 is 5.97 Å². The fraction of sp³-hybridized carbons (Fsp3) is 0.300. The van der Waals surface area contributed by atoms with E-state index in [1.165, 1.54) is 0 Å². The van der Waals surface area contributed by atoms with Crippen molar-refractivity contribution in [2.24, 2.45) is 0 Å². The maximum Gasteiger partial charge on any atom is 0.335 e. The number of sulfonamides is 1. The Balaban J connectivity index is 3.28. The highest BCUT2D eigenvalue weighted by Crippen LogP contribution is 2.25. The van der Waals surface area contributed by atoms with Gasteiger partial charge in [0.25, 0.3) is 6.43 Å². The molecular weight excluding hydrogens is 304 g/mol. The largest absolute Gasteiger partial charge is 0.478 e. The van der Waals surface area contributed by atoms with E-state index in [1.54, 1.807) is 0 Å². The molecule has 0 bridgehead atoms. The van der Waals surface area contributed by atoms with Crippen molar-refractivity contribution in [1.29, 1.82) is 0 Å². The van der Waals surface area contributed by atoms with E-state index in [2.05, 4.69) is 0 Å². The lowest BCUT2D eigenvalue weighted by Gasteiger charge is -2.17. The number of nitrogens with zero attached hydrogens (tertiary/aromatic N) is 1. The molecule has 1 N–H and O–H groups in total. The molecule has 0 aliphatic carbocycles. The van der Waals surface area contributed by atoms with Crippen LogP contribution in [0.15, 0.2) is 23.1 Å². The lowest BCUT2D eigenvalue weighted by atomic mass is 10.2. The molecule has 1 aromatic carbocycles. The Morgan fingerprint density at radius 1 is 1.47 bits per heavy atom. The fourth-order valence-corrected chi connectivity index (χ4v) is 2.94. The van der Waals surface area contributed by atoms with Gasteiger partial charge in [-0.05, 0) is 18.2 Å². The Labute approximate surface area is 113 Å². The minimum Gasteiger partial charge on any atom is -0.478 e. The monoisotopic (exact) mass is 313 g/mol. The van der Waals surface area contributed by atoms with Gasteiger partial charge in [-0.1, -0.05) is 11.6 Å².